The Hall–Kier alpha value is -4.84. The average molecular weight is 812 g/mol. The second-order valence-corrected chi connectivity index (χ2v) is 14.2. The summed E-state index contributed by atoms with van der Waals surface area (Å²) in [6.07, 6.45) is 23.9. The van der Waals surface area contributed by atoms with Gasteiger partial charge in [0.15, 0.2) is 5.78 Å². The maximum absolute atomic E-state index is 12.6. The molecule has 2 aromatic rings. The molecule has 1 unspecified atom stereocenters. The zero-order valence-electron chi connectivity index (χ0n) is 35.1. The van der Waals surface area contributed by atoms with E-state index in [2.05, 4.69) is 51.6 Å². The van der Waals surface area contributed by atoms with Crippen LogP contribution in [-0.2, 0) is 42.8 Å². The van der Waals surface area contributed by atoms with Gasteiger partial charge in [0.05, 0.1) is 45.9 Å². The summed E-state index contributed by atoms with van der Waals surface area (Å²) in [5, 5.41) is 8.15. The number of carbonyl (C=O) groups is 4. The highest BCUT2D eigenvalue weighted by Crippen LogP contribution is 2.36. The highest BCUT2D eigenvalue weighted by molar-refractivity contribution is 6.16. The molecule has 4 atom stereocenters. The minimum atomic E-state index is -0.153. The Bertz CT molecular complexity index is 1600. The molecule has 10 nitrogen and oxygen atoms in total. The molecule has 4 rings (SSSR count). The third kappa shape index (κ3) is 22.2. The van der Waals surface area contributed by atoms with Gasteiger partial charge in [-0.05, 0) is 61.0 Å². The molecule has 1 fully saturated rings. The molecule has 1 saturated carbocycles. The molecule has 0 saturated heterocycles. The Labute approximate surface area is 352 Å². The summed E-state index contributed by atoms with van der Waals surface area (Å²) in [5.41, 5.74) is 3.06. The number of ether oxygens (including phenoxy) is 4. The second-order valence-electron chi connectivity index (χ2n) is 14.2. The standard InChI is InChI=1S/C24H32O4.C16H24O4.C8H8BO2/c1-3-17-28-23-18-22(25)20(13-9-4-5-10-14-24(26)27-2)21(23)16-15-19-11-7-6-8-12-19;1-3-10-20-14-11-13(15(17)12-14)8-6-4-5-7-9-16(18)19-2;10-9-11-7-6-8-4-2-1-3-5-8/h3,6-8,11-12,15-16,20-21,23H,1,4-5,9-10,13-14,17-18H2,2H3;3,11,14H,1,4-10,12H2,2H3;1-7,10H/b16-15+;;7-6+/t20-,21-,23-;;/m1../s1. The lowest BCUT2D eigenvalue weighted by Crippen LogP contribution is -2.21. The number of ketones is 2. The maximum Gasteiger partial charge on any atom is 0.569 e. The number of benzene rings is 2. The van der Waals surface area contributed by atoms with Crippen LogP contribution in [0.1, 0.15) is 101 Å². The molecule has 0 spiro atoms. The van der Waals surface area contributed by atoms with Crippen molar-refractivity contribution >= 4 is 43.3 Å². The molecular formula is C48H64BO10. The van der Waals surface area contributed by atoms with E-state index in [9.17, 15) is 19.2 Å². The van der Waals surface area contributed by atoms with Gasteiger partial charge < -0.3 is 28.6 Å². The van der Waals surface area contributed by atoms with Gasteiger partial charge in [0.25, 0.3) is 0 Å². The molecule has 2 aromatic carbocycles. The first-order valence-corrected chi connectivity index (χ1v) is 20.7. The summed E-state index contributed by atoms with van der Waals surface area (Å²) in [6.45, 7) is 8.25. The van der Waals surface area contributed by atoms with Crippen molar-refractivity contribution in [3.05, 3.63) is 121 Å². The first kappa shape index (κ1) is 50.3. The number of unbranched alkanes of at least 4 members (excludes halogenated alkanes) is 6. The van der Waals surface area contributed by atoms with Crippen molar-refractivity contribution in [3.8, 4) is 0 Å². The summed E-state index contributed by atoms with van der Waals surface area (Å²) in [5.74, 6) is 0.304. The van der Waals surface area contributed by atoms with E-state index >= 15 is 0 Å². The number of allylic oxidation sites excluding steroid dienone is 1. The van der Waals surface area contributed by atoms with Crippen LogP contribution in [0.4, 0.5) is 0 Å². The molecule has 1 N–H and O–H groups in total. The number of esters is 2. The van der Waals surface area contributed by atoms with Crippen molar-refractivity contribution in [2.75, 3.05) is 27.4 Å². The Morgan fingerprint density at radius 2 is 1.31 bits per heavy atom. The molecule has 2 aliphatic rings. The molecular weight excluding hydrogens is 747 g/mol. The first-order chi connectivity index (χ1) is 28.8. The zero-order valence-corrected chi connectivity index (χ0v) is 35.1. The maximum atomic E-state index is 12.6. The summed E-state index contributed by atoms with van der Waals surface area (Å²) < 4.78 is 25.1. The fourth-order valence-electron chi connectivity index (χ4n) is 6.78. The summed E-state index contributed by atoms with van der Waals surface area (Å²) in [6, 6.07) is 19.8. The van der Waals surface area contributed by atoms with Gasteiger partial charge in [-0.25, -0.2) is 0 Å². The van der Waals surface area contributed by atoms with Crippen LogP contribution in [0.2, 0.25) is 0 Å². The third-order valence-corrected chi connectivity index (χ3v) is 9.89. The number of rotatable bonds is 25. The third-order valence-electron chi connectivity index (χ3n) is 9.89. The molecule has 0 heterocycles. The normalized spacial score (nSPS) is 18.3. The smallest absolute Gasteiger partial charge is 0.543 e. The van der Waals surface area contributed by atoms with Gasteiger partial charge in [0.2, 0.25) is 0 Å². The summed E-state index contributed by atoms with van der Waals surface area (Å²) in [7, 11) is 3.47. The van der Waals surface area contributed by atoms with Gasteiger partial charge in [-0.3, -0.25) is 19.2 Å². The molecule has 11 heteroatoms. The zero-order chi connectivity index (χ0) is 42.9. The van der Waals surface area contributed by atoms with Gasteiger partial charge in [0.1, 0.15) is 5.78 Å². The lowest BCUT2D eigenvalue weighted by molar-refractivity contribution is -0.141. The van der Waals surface area contributed by atoms with Crippen molar-refractivity contribution in [3.63, 3.8) is 0 Å². The number of carbonyl (C=O) groups excluding carboxylic acids is 4. The number of hydrogen-bond acceptors (Lipinski definition) is 10. The van der Waals surface area contributed by atoms with Crippen LogP contribution >= 0.6 is 0 Å². The minimum absolute atomic E-state index is 0.00962. The van der Waals surface area contributed by atoms with Crippen molar-refractivity contribution in [1.82, 2.24) is 0 Å². The van der Waals surface area contributed by atoms with Gasteiger partial charge in [-0.15, -0.1) is 13.2 Å². The summed E-state index contributed by atoms with van der Waals surface area (Å²) in [4.78, 5) is 46.5. The van der Waals surface area contributed by atoms with E-state index in [1.54, 1.807) is 18.2 Å². The number of hydrogen-bond donors (Lipinski definition) is 1. The molecule has 319 valence electrons. The fraction of sp³-hybridized carbons (Fsp3) is 0.458. The molecule has 1 radical (unpaired) electrons. The predicted molar refractivity (Wildman–Crippen MR) is 234 cm³/mol. The molecule has 2 aliphatic carbocycles. The van der Waals surface area contributed by atoms with E-state index in [-0.39, 0.29) is 41.8 Å². The van der Waals surface area contributed by atoms with E-state index in [0.29, 0.717) is 52.4 Å². The van der Waals surface area contributed by atoms with E-state index < -0.39 is 0 Å². The highest BCUT2D eigenvalue weighted by Gasteiger charge is 2.41. The van der Waals surface area contributed by atoms with E-state index in [1.807, 2.05) is 54.6 Å². The van der Waals surface area contributed by atoms with Crippen molar-refractivity contribution in [1.29, 1.82) is 0 Å². The highest BCUT2D eigenvalue weighted by atomic mass is 16.5. The largest absolute Gasteiger partial charge is 0.569 e. The molecule has 0 amide bonds. The van der Waals surface area contributed by atoms with Crippen LogP contribution in [0.15, 0.2) is 110 Å². The number of Topliss-reactive ketones (excluding diaryl/α,β-unsaturated/α-hetero) is 2. The van der Waals surface area contributed by atoms with Crippen LogP contribution in [-0.4, -0.2) is 75.9 Å². The Balaban J connectivity index is 0.000000335. The minimum Gasteiger partial charge on any atom is -0.543 e. The Kier molecular flexibility index (Phi) is 27.3. The Morgan fingerprint density at radius 3 is 1.88 bits per heavy atom. The lowest BCUT2D eigenvalue weighted by Gasteiger charge is -2.21. The van der Waals surface area contributed by atoms with Crippen molar-refractivity contribution in [2.24, 2.45) is 11.8 Å². The van der Waals surface area contributed by atoms with Crippen molar-refractivity contribution in [2.45, 2.75) is 102 Å². The second kappa shape index (κ2) is 32.1. The van der Waals surface area contributed by atoms with Gasteiger partial charge in [0, 0.05) is 37.5 Å². The molecule has 59 heavy (non-hydrogen) atoms. The lowest BCUT2D eigenvalue weighted by atomic mass is 9.88. The van der Waals surface area contributed by atoms with E-state index in [0.717, 1.165) is 80.9 Å². The van der Waals surface area contributed by atoms with Gasteiger partial charge >= 0.3 is 19.6 Å². The van der Waals surface area contributed by atoms with Crippen LogP contribution in [0.3, 0.4) is 0 Å². The Morgan fingerprint density at radius 1 is 0.746 bits per heavy atom. The summed E-state index contributed by atoms with van der Waals surface area (Å²) >= 11 is 0. The fourth-order valence-corrected chi connectivity index (χ4v) is 6.78. The van der Waals surface area contributed by atoms with Crippen LogP contribution in [0, 0.1) is 11.8 Å². The van der Waals surface area contributed by atoms with Gasteiger partial charge in [-0.1, -0.05) is 117 Å². The average Bonchev–Trinajstić information content (AvgIpc) is 3.77. The first-order valence-electron chi connectivity index (χ1n) is 20.7. The number of methoxy groups -OCH3 is 2. The van der Waals surface area contributed by atoms with Crippen LogP contribution in [0.5, 0.6) is 0 Å². The molecule has 0 aromatic heterocycles. The predicted octanol–water partition coefficient (Wildman–Crippen LogP) is 9.16. The van der Waals surface area contributed by atoms with Gasteiger partial charge in [-0.2, -0.15) is 0 Å². The van der Waals surface area contributed by atoms with E-state index in [4.69, 9.17) is 14.5 Å². The quantitative estimate of drug-likeness (QED) is 0.0340. The van der Waals surface area contributed by atoms with Crippen molar-refractivity contribution < 1.29 is 47.8 Å². The molecule has 0 aliphatic heterocycles. The SMILES string of the molecule is C=CCOC1C=C(CCCCCCC(=O)OC)C(=O)C1.C=CCO[C@@H]1CC(=O)[C@H](CCCCCCC(=O)OC)[C@H]1/C=C/c1ccccc1.O[B]O/C=C/c1ccccc1. The monoisotopic (exact) mass is 811 g/mol. The van der Waals surface area contributed by atoms with Crippen LogP contribution in [0.25, 0.3) is 12.2 Å². The topological polar surface area (TPSA) is 135 Å². The van der Waals surface area contributed by atoms with E-state index in [1.165, 1.54) is 20.5 Å². The molecule has 0 bridgehead atoms. The van der Waals surface area contributed by atoms with Crippen LogP contribution < -0.4 is 0 Å².